The molecule has 0 aliphatic carbocycles. The van der Waals surface area contributed by atoms with Gasteiger partial charge in [-0.15, -0.1) is 0 Å². The van der Waals surface area contributed by atoms with E-state index in [0.717, 1.165) is 4.90 Å². The van der Waals surface area contributed by atoms with E-state index in [-0.39, 0.29) is 6.54 Å². The highest BCUT2D eigenvalue weighted by Gasteiger charge is 2.46. The highest BCUT2D eigenvalue weighted by Crippen LogP contribution is 2.60. The predicted molar refractivity (Wildman–Crippen MR) is 65.8 cm³/mol. The molecule has 0 bridgehead atoms. The van der Waals surface area contributed by atoms with Crippen LogP contribution in [0.5, 0.6) is 0 Å². The van der Waals surface area contributed by atoms with Crippen molar-refractivity contribution in [3.05, 3.63) is 35.9 Å². The summed E-state index contributed by atoms with van der Waals surface area (Å²) in [5, 5.41) is 0. The van der Waals surface area contributed by atoms with Crippen LogP contribution in [0, 0.1) is 0 Å². The predicted octanol–water partition coefficient (Wildman–Crippen LogP) is 0.757. The molecule has 4 N–H and O–H groups in total. The van der Waals surface area contributed by atoms with E-state index in [1.54, 1.807) is 30.3 Å². The summed E-state index contributed by atoms with van der Waals surface area (Å²) in [5.41, 5.74) is -1.42. The third-order valence-corrected chi connectivity index (χ3v) is 6.07. The molecule has 0 atom stereocenters. The van der Waals surface area contributed by atoms with Crippen molar-refractivity contribution in [1.29, 1.82) is 0 Å². The van der Waals surface area contributed by atoms with Gasteiger partial charge in [-0.2, -0.15) is 0 Å². The number of benzene rings is 1. The number of rotatable bonds is 5. The Morgan fingerprint density at radius 2 is 1.50 bits per heavy atom. The van der Waals surface area contributed by atoms with Crippen LogP contribution >= 0.6 is 15.2 Å². The van der Waals surface area contributed by atoms with E-state index in [2.05, 4.69) is 0 Å². The maximum Gasteiger partial charge on any atom is 0.354 e. The van der Waals surface area contributed by atoms with Gasteiger partial charge in [-0.05, 0) is 12.6 Å². The number of nitrogens with zero attached hydrogens (tertiary/aromatic N) is 1. The Balaban J connectivity index is 2.95. The molecule has 0 amide bonds. The van der Waals surface area contributed by atoms with Crippen LogP contribution in [-0.4, -0.2) is 37.0 Å². The summed E-state index contributed by atoms with van der Waals surface area (Å²) < 4.78 is 22.3. The van der Waals surface area contributed by atoms with E-state index in [1.807, 2.05) is 0 Å². The van der Waals surface area contributed by atoms with Crippen LogP contribution in [0.4, 0.5) is 0 Å². The van der Waals surface area contributed by atoms with Gasteiger partial charge in [0.05, 0.1) is 0 Å². The fourth-order valence-corrected chi connectivity index (χ4v) is 4.42. The van der Waals surface area contributed by atoms with E-state index < -0.39 is 20.7 Å². The monoisotopic (exact) mass is 295 g/mol. The molecule has 102 valence electrons. The Hall–Kier alpha value is -0.520. The SMILES string of the molecule is CN(Cc1ccccc1)C(P(=O)(O)O)P(=O)(O)O. The first-order valence-electron chi connectivity index (χ1n) is 4.97. The summed E-state index contributed by atoms with van der Waals surface area (Å²) in [5.74, 6) is 0. The van der Waals surface area contributed by atoms with Crippen molar-refractivity contribution in [3.63, 3.8) is 0 Å². The normalized spacial score (nSPS) is 13.3. The molecular formula is C9H15NO6P2. The second-order valence-electron chi connectivity index (χ2n) is 3.93. The zero-order valence-electron chi connectivity index (χ0n) is 9.62. The average Bonchev–Trinajstić information content (AvgIpc) is 2.13. The van der Waals surface area contributed by atoms with Gasteiger partial charge < -0.3 is 19.6 Å². The van der Waals surface area contributed by atoms with Crippen LogP contribution in [0.3, 0.4) is 0 Å². The van der Waals surface area contributed by atoms with Gasteiger partial charge in [-0.3, -0.25) is 14.0 Å². The second-order valence-corrected chi connectivity index (χ2v) is 7.67. The molecule has 0 unspecified atom stereocenters. The average molecular weight is 295 g/mol. The van der Waals surface area contributed by atoms with Crippen molar-refractivity contribution >= 4 is 15.2 Å². The van der Waals surface area contributed by atoms with Crippen molar-refractivity contribution in [2.24, 2.45) is 0 Å². The molecule has 0 aliphatic heterocycles. The third kappa shape index (κ3) is 4.30. The van der Waals surface area contributed by atoms with E-state index in [1.165, 1.54) is 7.05 Å². The molecular weight excluding hydrogens is 280 g/mol. The first kappa shape index (κ1) is 15.5. The van der Waals surface area contributed by atoms with Gasteiger partial charge >= 0.3 is 15.2 Å². The van der Waals surface area contributed by atoms with E-state index in [0.29, 0.717) is 5.56 Å². The van der Waals surface area contributed by atoms with E-state index >= 15 is 0 Å². The molecule has 0 spiro atoms. The number of hydrogen-bond donors (Lipinski definition) is 4. The molecule has 1 aromatic carbocycles. The van der Waals surface area contributed by atoms with Crippen LogP contribution in [0.1, 0.15) is 5.56 Å². The minimum absolute atomic E-state index is 0.0295. The topological polar surface area (TPSA) is 118 Å². The Labute approximate surface area is 104 Å². The highest BCUT2D eigenvalue weighted by molar-refractivity contribution is 7.70. The van der Waals surface area contributed by atoms with Crippen molar-refractivity contribution in [1.82, 2.24) is 4.90 Å². The lowest BCUT2D eigenvalue weighted by Gasteiger charge is -2.28. The molecule has 1 rings (SSSR count). The fourth-order valence-electron chi connectivity index (χ4n) is 1.66. The lowest BCUT2D eigenvalue weighted by Crippen LogP contribution is -2.31. The lowest BCUT2D eigenvalue weighted by atomic mass is 10.2. The van der Waals surface area contributed by atoms with Crippen LogP contribution < -0.4 is 0 Å². The molecule has 0 fully saturated rings. The zero-order valence-corrected chi connectivity index (χ0v) is 11.4. The van der Waals surface area contributed by atoms with Crippen molar-refractivity contribution < 1.29 is 28.7 Å². The summed E-state index contributed by atoms with van der Waals surface area (Å²) in [6.45, 7) is 0.0295. The Morgan fingerprint density at radius 1 is 1.06 bits per heavy atom. The second kappa shape index (κ2) is 5.63. The molecule has 0 radical (unpaired) electrons. The molecule has 18 heavy (non-hydrogen) atoms. The maximum atomic E-state index is 11.2. The lowest BCUT2D eigenvalue weighted by molar-refractivity contribution is 0.251. The van der Waals surface area contributed by atoms with Crippen LogP contribution in [0.2, 0.25) is 0 Å². The molecule has 0 saturated heterocycles. The Bertz CT molecular complexity index is 459. The zero-order chi connectivity index (χ0) is 14.0. The van der Waals surface area contributed by atoms with E-state index in [9.17, 15) is 9.13 Å². The van der Waals surface area contributed by atoms with Gasteiger partial charge in [0, 0.05) is 6.54 Å². The maximum absolute atomic E-state index is 11.2. The molecule has 0 aromatic heterocycles. The minimum Gasteiger partial charge on any atom is -0.323 e. The van der Waals surface area contributed by atoms with Gasteiger partial charge in [0.2, 0.25) is 5.52 Å². The van der Waals surface area contributed by atoms with Crippen LogP contribution in [-0.2, 0) is 15.7 Å². The summed E-state index contributed by atoms with van der Waals surface area (Å²) >= 11 is 0. The van der Waals surface area contributed by atoms with Crippen molar-refractivity contribution in [2.75, 3.05) is 7.05 Å². The standard InChI is InChI=1S/C9H15NO6P2/c1-10(7-8-5-3-2-4-6-8)9(17(11,12)13)18(14,15)16/h2-6,9H,7H2,1H3,(H2,11,12,13)(H2,14,15,16). The molecule has 0 saturated carbocycles. The fraction of sp³-hybridized carbons (Fsp3) is 0.333. The first-order chi connectivity index (χ1) is 8.12. The molecule has 9 heteroatoms. The van der Waals surface area contributed by atoms with Crippen molar-refractivity contribution in [2.45, 2.75) is 12.1 Å². The van der Waals surface area contributed by atoms with Crippen LogP contribution in [0.25, 0.3) is 0 Å². The van der Waals surface area contributed by atoms with Gasteiger partial charge in [-0.25, -0.2) is 0 Å². The van der Waals surface area contributed by atoms with Gasteiger partial charge in [0.25, 0.3) is 0 Å². The molecule has 7 nitrogen and oxygen atoms in total. The van der Waals surface area contributed by atoms with Crippen molar-refractivity contribution in [3.8, 4) is 0 Å². The summed E-state index contributed by atoms with van der Waals surface area (Å²) in [4.78, 5) is 37.1. The quantitative estimate of drug-likeness (QED) is 0.592. The Kier molecular flexibility index (Phi) is 4.86. The van der Waals surface area contributed by atoms with Gasteiger partial charge in [0.1, 0.15) is 0 Å². The molecule has 0 aliphatic rings. The highest BCUT2D eigenvalue weighted by atomic mass is 31.2. The summed E-state index contributed by atoms with van der Waals surface area (Å²) in [6, 6.07) is 8.63. The van der Waals surface area contributed by atoms with Gasteiger partial charge in [0.15, 0.2) is 0 Å². The molecule has 0 heterocycles. The largest absolute Gasteiger partial charge is 0.354 e. The first-order valence-corrected chi connectivity index (χ1v) is 8.33. The summed E-state index contributed by atoms with van der Waals surface area (Å²) in [6.07, 6.45) is 0. The summed E-state index contributed by atoms with van der Waals surface area (Å²) in [7, 11) is -8.60. The van der Waals surface area contributed by atoms with Gasteiger partial charge in [-0.1, -0.05) is 30.3 Å². The Morgan fingerprint density at radius 3 is 1.89 bits per heavy atom. The third-order valence-electron chi connectivity index (χ3n) is 2.27. The van der Waals surface area contributed by atoms with E-state index in [4.69, 9.17) is 19.6 Å². The minimum atomic E-state index is -4.93. The number of hydrogen-bond acceptors (Lipinski definition) is 3. The molecule has 1 aromatic rings. The van der Waals surface area contributed by atoms with Crippen LogP contribution in [0.15, 0.2) is 30.3 Å². The smallest absolute Gasteiger partial charge is 0.323 e.